The van der Waals surface area contributed by atoms with Crippen LogP contribution in [0.25, 0.3) is 6.20 Å². The van der Waals surface area contributed by atoms with Crippen molar-refractivity contribution in [2.75, 3.05) is 0 Å². The summed E-state index contributed by atoms with van der Waals surface area (Å²) in [5.74, 6) is 0. The molecule has 0 aliphatic rings. The summed E-state index contributed by atoms with van der Waals surface area (Å²) in [5, 5.41) is 7.72. The molecule has 1 aromatic rings. The summed E-state index contributed by atoms with van der Waals surface area (Å²) >= 11 is 0. The summed E-state index contributed by atoms with van der Waals surface area (Å²) in [5.41, 5.74) is 1.03. The Morgan fingerprint density at radius 3 is 3.10 bits per heavy atom. The average molecular weight is 137 g/mol. The van der Waals surface area contributed by atoms with E-state index in [0.29, 0.717) is 0 Å². The van der Waals surface area contributed by atoms with Gasteiger partial charge in [-0.3, -0.25) is 0 Å². The molecule has 0 unspecified atom stereocenters. The molecular weight excluding hydrogens is 126 g/mol. The summed E-state index contributed by atoms with van der Waals surface area (Å²) in [6, 6.07) is 0. The molecule has 1 rings (SSSR count). The Kier molecular flexibility index (Phi) is 2.20. The predicted octanol–water partition coefficient (Wildman–Crippen LogP) is 1.33. The van der Waals surface area contributed by atoms with Crippen molar-refractivity contribution in [3.8, 4) is 0 Å². The Morgan fingerprint density at radius 1 is 1.80 bits per heavy atom. The van der Waals surface area contributed by atoms with Gasteiger partial charge in [-0.25, -0.2) is 4.68 Å². The molecule has 0 saturated carbocycles. The fourth-order valence-corrected chi connectivity index (χ4v) is 0.773. The molecule has 1 aromatic heterocycles. The number of hydrogen-bond donors (Lipinski definition) is 0. The lowest BCUT2D eigenvalue weighted by atomic mass is 10.3. The van der Waals surface area contributed by atoms with E-state index in [1.54, 1.807) is 10.9 Å². The van der Waals surface area contributed by atoms with Crippen molar-refractivity contribution in [1.82, 2.24) is 15.0 Å². The fourth-order valence-electron chi connectivity index (χ4n) is 0.773. The SMILES string of the molecule is C=Cn1cc(CCC)nn1. The van der Waals surface area contributed by atoms with Crippen molar-refractivity contribution in [3.05, 3.63) is 18.5 Å². The minimum atomic E-state index is 0.994. The highest BCUT2D eigenvalue weighted by atomic mass is 15.4. The molecule has 0 bridgehead atoms. The molecule has 0 radical (unpaired) electrons. The number of rotatable bonds is 3. The predicted molar refractivity (Wildman–Crippen MR) is 40.4 cm³/mol. The van der Waals surface area contributed by atoms with Crippen LogP contribution in [0.4, 0.5) is 0 Å². The number of aromatic nitrogens is 3. The molecule has 0 spiro atoms. The molecular formula is C7H11N3. The molecule has 0 aromatic carbocycles. The van der Waals surface area contributed by atoms with Crippen molar-refractivity contribution < 1.29 is 0 Å². The summed E-state index contributed by atoms with van der Waals surface area (Å²) < 4.78 is 1.62. The quantitative estimate of drug-likeness (QED) is 0.629. The first kappa shape index (κ1) is 6.99. The maximum Gasteiger partial charge on any atom is 0.0831 e. The van der Waals surface area contributed by atoms with Crippen LogP contribution in [0.15, 0.2) is 12.8 Å². The maximum absolute atomic E-state index is 3.92. The van der Waals surface area contributed by atoms with E-state index in [0.717, 1.165) is 18.5 Å². The first-order chi connectivity index (χ1) is 4.86. The van der Waals surface area contributed by atoms with Crippen LogP contribution in [0, 0.1) is 0 Å². The molecule has 0 amide bonds. The van der Waals surface area contributed by atoms with Gasteiger partial charge >= 0.3 is 0 Å². The normalized spacial score (nSPS) is 9.70. The van der Waals surface area contributed by atoms with Gasteiger partial charge in [-0.15, -0.1) is 5.10 Å². The highest BCUT2D eigenvalue weighted by Crippen LogP contribution is 1.96. The van der Waals surface area contributed by atoms with E-state index >= 15 is 0 Å². The summed E-state index contributed by atoms with van der Waals surface area (Å²) in [6.45, 7) is 5.68. The standard InChI is InChI=1S/C7H11N3/c1-3-5-7-6-10(4-2)9-8-7/h4,6H,2-3,5H2,1H3. The number of hydrogen-bond acceptors (Lipinski definition) is 2. The van der Waals surface area contributed by atoms with Gasteiger partial charge in [-0.1, -0.05) is 25.1 Å². The van der Waals surface area contributed by atoms with Crippen molar-refractivity contribution >= 4 is 6.20 Å². The molecule has 0 N–H and O–H groups in total. The van der Waals surface area contributed by atoms with Crippen molar-refractivity contribution in [2.24, 2.45) is 0 Å². The van der Waals surface area contributed by atoms with E-state index in [9.17, 15) is 0 Å². The Balaban J connectivity index is 2.68. The van der Waals surface area contributed by atoms with Gasteiger partial charge in [-0.2, -0.15) is 0 Å². The van der Waals surface area contributed by atoms with Crippen LogP contribution in [0.1, 0.15) is 19.0 Å². The Bertz CT molecular complexity index is 214. The van der Waals surface area contributed by atoms with E-state index < -0.39 is 0 Å². The third kappa shape index (κ3) is 1.43. The van der Waals surface area contributed by atoms with E-state index in [1.165, 1.54) is 0 Å². The van der Waals surface area contributed by atoms with Crippen LogP contribution in [0.2, 0.25) is 0 Å². The zero-order valence-electron chi connectivity index (χ0n) is 6.12. The molecule has 0 fully saturated rings. The summed E-state index contributed by atoms with van der Waals surface area (Å²) in [4.78, 5) is 0. The van der Waals surface area contributed by atoms with Gasteiger partial charge in [0.15, 0.2) is 0 Å². The average Bonchev–Trinajstić information content (AvgIpc) is 2.37. The number of nitrogens with zero attached hydrogens (tertiary/aromatic N) is 3. The zero-order chi connectivity index (χ0) is 7.40. The van der Waals surface area contributed by atoms with Crippen molar-refractivity contribution in [1.29, 1.82) is 0 Å². The lowest BCUT2D eigenvalue weighted by molar-refractivity contribution is 0.818. The van der Waals surface area contributed by atoms with Crippen molar-refractivity contribution in [3.63, 3.8) is 0 Å². The smallest absolute Gasteiger partial charge is 0.0831 e. The monoisotopic (exact) mass is 137 g/mol. The minimum absolute atomic E-state index is 0.994. The van der Waals surface area contributed by atoms with E-state index in [4.69, 9.17) is 0 Å². The number of aryl methyl sites for hydroxylation is 1. The lowest BCUT2D eigenvalue weighted by Crippen LogP contribution is -1.83. The van der Waals surface area contributed by atoms with E-state index in [1.807, 2.05) is 6.20 Å². The van der Waals surface area contributed by atoms with Gasteiger partial charge in [0.25, 0.3) is 0 Å². The first-order valence-electron chi connectivity index (χ1n) is 3.40. The van der Waals surface area contributed by atoms with Gasteiger partial charge < -0.3 is 0 Å². The van der Waals surface area contributed by atoms with Crippen LogP contribution in [0.5, 0.6) is 0 Å². The van der Waals surface area contributed by atoms with Gasteiger partial charge in [-0.05, 0) is 6.42 Å². The Hall–Kier alpha value is -1.12. The molecule has 1 heterocycles. The molecule has 54 valence electrons. The van der Waals surface area contributed by atoms with Gasteiger partial charge in [0, 0.05) is 6.20 Å². The summed E-state index contributed by atoms with van der Waals surface area (Å²) in [7, 11) is 0. The first-order valence-corrected chi connectivity index (χ1v) is 3.40. The van der Waals surface area contributed by atoms with Crippen LogP contribution in [-0.4, -0.2) is 15.0 Å². The largest absolute Gasteiger partial charge is 0.228 e. The van der Waals surface area contributed by atoms with Crippen LogP contribution < -0.4 is 0 Å². The second kappa shape index (κ2) is 3.15. The van der Waals surface area contributed by atoms with E-state index in [-0.39, 0.29) is 0 Å². The third-order valence-electron chi connectivity index (χ3n) is 1.25. The fraction of sp³-hybridized carbons (Fsp3) is 0.429. The molecule has 0 atom stereocenters. The third-order valence-corrected chi connectivity index (χ3v) is 1.25. The van der Waals surface area contributed by atoms with Gasteiger partial charge in [0.2, 0.25) is 0 Å². The van der Waals surface area contributed by atoms with Crippen molar-refractivity contribution in [2.45, 2.75) is 19.8 Å². The van der Waals surface area contributed by atoms with E-state index in [2.05, 4.69) is 23.8 Å². The highest BCUT2D eigenvalue weighted by Gasteiger charge is 1.94. The van der Waals surface area contributed by atoms with Crippen LogP contribution in [0.3, 0.4) is 0 Å². The Morgan fingerprint density at radius 2 is 2.60 bits per heavy atom. The summed E-state index contributed by atoms with van der Waals surface area (Å²) in [6.07, 6.45) is 5.62. The lowest BCUT2D eigenvalue weighted by Gasteiger charge is -1.84. The molecule has 3 heteroatoms. The van der Waals surface area contributed by atoms with Gasteiger partial charge in [0.1, 0.15) is 0 Å². The van der Waals surface area contributed by atoms with Crippen LogP contribution in [-0.2, 0) is 6.42 Å². The molecule has 0 aliphatic carbocycles. The minimum Gasteiger partial charge on any atom is -0.228 e. The zero-order valence-corrected chi connectivity index (χ0v) is 6.12. The van der Waals surface area contributed by atoms with Crippen LogP contribution >= 0.6 is 0 Å². The second-order valence-corrected chi connectivity index (χ2v) is 2.12. The molecule has 10 heavy (non-hydrogen) atoms. The highest BCUT2D eigenvalue weighted by molar-refractivity contribution is 5.13. The molecule has 0 saturated heterocycles. The topological polar surface area (TPSA) is 30.7 Å². The van der Waals surface area contributed by atoms with Gasteiger partial charge in [0.05, 0.1) is 11.9 Å². The molecule has 3 nitrogen and oxygen atoms in total. The second-order valence-electron chi connectivity index (χ2n) is 2.12. The Labute approximate surface area is 60.4 Å². The molecule has 0 aliphatic heterocycles. The maximum atomic E-state index is 3.92.